The van der Waals surface area contributed by atoms with Crippen molar-refractivity contribution in [3.05, 3.63) is 12.7 Å². The fourth-order valence-corrected chi connectivity index (χ4v) is 9.58. The number of rotatable bonds is 30. The van der Waals surface area contributed by atoms with E-state index in [1.54, 1.807) is 0 Å². The molecular weight excluding hydrogens is 939 g/mol. The van der Waals surface area contributed by atoms with Crippen LogP contribution in [0, 0.1) is 5.41 Å². The van der Waals surface area contributed by atoms with Gasteiger partial charge in [0.25, 0.3) is 0 Å². The maximum Gasteiger partial charge on any atom is 0.481 e. The van der Waals surface area contributed by atoms with Gasteiger partial charge in [-0.15, -0.1) is 0 Å². The summed E-state index contributed by atoms with van der Waals surface area (Å²) in [6.07, 6.45) is -2.33. The van der Waals surface area contributed by atoms with Gasteiger partial charge in [-0.1, -0.05) is 57.7 Å². The number of aliphatic carboxylic acids is 1. The number of hydrogen-bond donors (Lipinski definition) is 11. The van der Waals surface area contributed by atoms with E-state index in [1.165, 1.54) is 13.8 Å². The summed E-state index contributed by atoms with van der Waals surface area (Å²) in [6.45, 7) is 0.397. The molecule has 1 aliphatic rings. The number of nitrogen functional groups attached to an aromatic ring is 1. The molecule has 0 aromatic carbocycles. The Balaban J connectivity index is 1.35. The molecule has 0 aliphatic carbocycles. The Kier molecular flexibility index (Phi) is 21.8. The van der Waals surface area contributed by atoms with Gasteiger partial charge in [-0.3, -0.25) is 37.3 Å². The largest absolute Gasteiger partial charge is 0.481 e. The molecule has 2 aromatic heterocycles. The minimum absolute atomic E-state index is 0.0224. The van der Waals surface area contributed by atoms with Gasteiger partial charge >= 0.3 is 29.4 Å². The minimum Gasteiger partial charge on any atom is -0.481 e. The zero-order valence-corrected chi connectivity index (χ0v) is 38.3. The number of aliphatic hydroxyl groups excluding tert-OH is 3. The third-order valence-corrected chi connectivity index (χ3v) is 13.4. The van der Waals surface area contributed by atoms with E-state index in [1.807, 2.05) is 0 Å². The van der Waals surface area contributed by atoms with Gasteiger partial charge < -0.3 is 61.1 Å². The molecule has 8 unspecified atom stereocenters. The number of aliphatic hydroxyl groups is 3. The van der Waals surface area contributed by atoms with Crippen LogP contribution in [0.1, 0.15) is 84.3 Å². The van der Waals surface area contributed by atoms with Crippen molar-refractivity contribution in [1.29, 1.82) is 0 Å². The lowest BCUT2D eigenvalue weighted by Gasteiger charge is -2.30. The number of ether oxygens (including phenoxy) is 1. The van der Waals surface area contributed by atoms with E-state index in [-0.39, 0.29) is 48.0 Å². The predicted octanol–water partition coefficient (Wildman–Crippen LogP) is 0.621. The Morgan fingerprint density at radius 1 is 0.938 bits per heavy atom. The van der Waals surface area contributed by atoms with Crippen molar-refractivity contribution in [3.63, 3.8) is 0 Å². The van der Waals surface area contributed by atoms with Crippen LogP contribution in [0.3, 0.4) is 0 Å². The van der Waals surface area contributed by atoms with Crippen molar-refractivity contribution in [2.45, 2.75) is 115 Å². The molecule has 0 radical (unpaired) electrons. The van der Waals surface area contributed by atoms with Crippen LogP contribution in [0.4, 0.5) is 5.82 Å². The van der Waals surface area contributed by atoms with Gasteiger partial charge in [0.05, 0.1) is 32.1 Å². The molecule has 27 nitrogen and oxygen atoms in total. The van der Waals surface area contributed by atoms with Crippen LogP contribution in [0.5, 0.6) is 0 Å². The molecule has 8 atom stereocenters. The molecule has 0 spiro atoms. The van der Waals surface area contributed by atoms with Gasteiger partial charge in [-0.25, -0.2) is 28.6 Å². The lowest BCUT2D eigenvalue weighted by atomic mass is 9.87. The average molecular weight is 996 g/mol. The van der Waals surface area contributed by atoms with Crippen molar-refractivity contribution in [3.8, 4) is 0 Å². The topological polar surface area (TPSA) is 421 Å². The number of nitrogens with two attached hydrogens (primary N) is 1. The summed E-state index contributed by atoms with van der Waals surface area (Å²) < 4.78 is 62.2. The summed E-state index contributed by atoms with van der Waals surface area (Å²) in [7, 11) is -16.4. The molecule has 1 saturated heterocycles. The van der Waals surface area contributed by atoms with Crippen LogP contribution < -0.4 is 16.4 Å². The number of carbonyl (C=O) groups excluding carboxylic acids is 3. The SMILES string of the molecule is CC(C)(COP(=O)(O)OP(=O)(O)OCC1OC(n2cnc3c(N)ncnc32)C(O)C1OP(=O)(O)O)C(O)C(=O)NCCC(=O)NCCSC(=O)CCCCCCCCC(O)CC(=O)O. The molecule has 1 aliphatic heterocycles. The number of carboxylic acid groups (broad SMARTS) is 1. The minimum atomic E-state index is -5.59. The van der Waals surface area contributed by atoms with Crippen LogP contribution in [-0.4, -0.2) is 145 Å². The first-order valence-corrected chi connectivity index (χ1v) is 25.3. The van der Waals surface area contributed by atoms with E-state index >= 15 is 0 Å². The number of anilines is 1. The highest BCUT2D eigenvalue weighted by atomic mass is 32.2. The first kappa shape index (κ1) is 55.3. The number of thioether (sulfide) groups is 1. The number of carboxylic acids is 1. The lowest BCUT2D eigenvalue weighted by Crippen LogP contribution is -2.46. The average Bonchev–Trinajstić information content (AvgIpc) is 3.75. The van der Waals surface area contributed by atoms with Gasteiger partial charge in [0, 0.05) is 37.1 Å². The van der Waals surface area contributed by atoms with Crippen LogP contribution in [-0.2, 0) is 55.5 Å². The van der Waals surface area contributed by atoms with Crippen LogP contribution >= 0.6 is 35.2 Å². The second-order valence-corrected chi connectivity index (χ2v) is 20.6. The number of aromatic nitrogens is 4. The van der Waals surface area contributed by atoms with E-state index in [0.29, 0.717) is 25.0 Å². The van der Waals surface area contributed by atoms with E-state index in [0.717, 1.165) is 61.1 Å². The molecule has 0 saturated carbocycles. The maximum absolute atomic E-state index is 12.7. The third-order valence-electron chi connectivity index (χ3n) is 9.34. The molecule has 31 heteroatoms. The second-order valence-electron chi connectivity index (χ2n) is 15.2. The maximum atomic E-state index is 12.7. The summed E-state index contributed by atoms with van der Waals surface area (Å²) in [5.41, 5.74) is 4.23. The molecule has 3 rings (SSSR count). The summed E-state index contributed by atoms with van der Waals surface area (Å²) >= 11 is 1.07. The van der Waals surface area contributed by atoms with Crippen molar-refractivity contribution in [2.75, 3.05) is 37.8 Å². The summed E-state index contributed by atoms with van der Waals surface area (Å²) in [6, 6.07) is 0. The number of fused-ring (bicyclic) bond motifs is 1. The van der Waals surface area contributed by atoms with Crippen molar-refractivity contribution < 1.29 is 95.5 Å². The number of nitrogens with zero attached hydrogens (tertiary/aromatic N) is 4. The number of phosphoric ester groups is 3. The molecular formula is C33H56N7O20P3S. The highest BCUT2D eigenvalue weighted by Gasteiger charge is 2.50. The zero-order chi connectivity index (χ0) is 47.9. The normalized spacial score (nSPS) is 20.9. The first-order valence-electron chi connectivity index (χ1n) is 19.8. The molecule has 12 N–H and O–H groups in total. The van der Waals surface area contributed by atoms with Crippen LogP contribution in [0.25, 0.3) is 11.2 Å². The van der Waals surface area contributed by atoms with Crippen molar-refractivity contribution in [1.82, 2.24) is 30.2 Å². The molecule has 2 amide bonds. The number of nitrogens with one attached hydrogen (secondary N) is 2. The smallest absolute Gasteiger partial charge is 0.481 e. The van der Waals surface area contributed by atoms with Crippen LogP contribution in [0.15, 0.2) is 12.7 Å². The van der Waals surface area contributed by atoms with Gasteiger partial charge in [-0.2, -0.15) is 4.31 Å². The number of imidazole rings is 1. The zero-order valence-electron chi connectivity index (χ0n) is 34.8. The molecule has 1 fully saturated rings. The van der Waals surface area contributed by atoms with E-state index in [4.69, 9.17) is 24.6 Å². The fraction of sp³-hybridized carbons (Fsp3) is 0.727. The molecule has 64 heavy (non-hydrogen) atoms. The monoisotopic (exact) mass is 995 g/mol. The van der Waals surface area contributed by atoms with Gasteiger partial charge in [0.2, 0.25) is 11.8 Å². The summed E-state index contributed by atoms with van der Waals surface area (Å²) in [5.74, 6) is -2.21. The molecule has 0 bridgehead atoms. The van der Waals surface area contributed by atoms with Crippen molar-refractivity contribution in [2.24, 2.45) is 5.41 Å². The molecule has 2 aromatic rings. The number of unbranched alkanes of at least 4 members (excludes halogenated alkanes) is 5. The Bertz CT molecular complexity index is 2030. The highest BCUT2D eigenvalue weighted by Crippen LogP contribution is 2.61. The van der Waals surface area contributed by atoms with E-state index < -0.39 is 96.6 Å². The summed E-state index contributed by atoms with van der Waals surface area (Å²) in [4.78, 5) is 98.6. The highest BCUT2D eigenvalue weighted by molar-refractivity contribution is 8.13. The Morgan fingerprint density at radius 3 is 2.27 bits per heavy atom. The predicted molar refractivity (Wildman–Crippen MR) is 222 cm³/mol. The molecule has 3 heterocycles. The van der Waals surface area contributed by atoms with Crippen molar-refractivity contribution >= 4 is 75.1 Å². The van der Waals surface area contributed by atoms with Gasteiger partial charge in [0.15, 0.2) is 22.8 Å². The summed E-state index contributed by atoms with van der Waals surface area (Å²) in [5, 5.41) is 44.6. The molecule has 364 valence electrons. The number of carbonyl (C=O) groups is 4. The van der Waals surface area contributed by atoms with Crippen LogP contribution in [0.2, 0.25) is 0 Å². The quantitative estimate of drug-likeness (QED) is 0.0377. The second kappa shape index (κ2) is 25.2. The lowest BCUT2D eigenvalue weighted by molar-refractivity contribution is -0.139. The number of amides is 2. The Labute approximate surface area is 370 Å². The third kappa shape index (κ3) is 19.1. The Morgan fingerprint density at radius 2 is 1.59 bits per heavy atom. The van der Waals surface area contributed by atoms with Gasteiger partial charge in [-0.05, 0) is 12.8 Å². The van der Waals surface area contributed by atoms with Gasteiger partial charge in [0.1, 0.15) is 36.3 Å². The van der Waals surface area contributed by atoms with E-state index in [9.17, 15) is 67.8 Å². The number of hydrogen-bond acceptors (Lipinski definition) is 20. The first-order chi connectivity index (χ1) is 29.8. The standard InChI is InChI=1S/C33H56N7O20P3S/c1-33(2,28(47)31(48)36-12-11-22(42)35-13-14-64-24(45)10-8-6-4-3-5-7-9-20(41)15-23(43)44)17-57-63(54,55)60-62(52,53)56-16-21-27(59-61(49,50)51)26(46)32(58-21)40-19-39-25-29(34)37-18-38-30(25)40/h18-21,26-28,32,41,46-47H,3-17H2,1-2H3,(H,35,42)(H,36,48)(H,43,44)(H,52,53)(H,54,55)(H2,34,37,38)(H2,49,50,51). The van der Waals surface area contributed by atoms with E-state index in [2.05, 4.69) is 34.4 Å². The fourth-order valence-electron chi connectivity index (χ4n) is 6.03. The Hall–Kier alpha value is -3.01. The number of phosphoric acid groups is 3.